The lowest BCUT2D eigenvalue weighted by Crippen LogP contribution is -2.64. The van der Waals surface area contributed by atoms with Crippen molar-refractivity contribution in [1.29, 1.82) is 0 Å². The van der Waals surface area contributed by atoms with E-state index in [0.29, 0.717) is 0 Å². The van der Waals surface area contributed by atoms with Gasteiger partial charge in [-0.3, -0.25) is 4.79 Å². The van der Waals surface area contributed by atoms with Crippen LogP contribution in [-0.2, 0) is 9.53 Å². The molecule has 0 heterocycles. The fourth-order valence-corrected chi connectivity index (χ4v) is 2.85. The Balaban J connectivity index is 1.98. The van der Waals surface area contributed by atoms with Gasteiger partial charge in [-0.05, 0) is 26.2 Å². The SMILES string of the molecule is CCO[C@@H]1C[C@@H](N(C)C(=O)C2(N)CC2)C1(C)C. The van der Waals surface area contributed by atoms with Crippen LogP contribution in [0.15, 0.2) is 0 Å². The van der Waals surface area contributed by atoms with Crippen LogP contribution in [0, 0.1) is 5.41 Å². The molecule has 4 nitrogen and oxygen atoms in total. The Hall–Kier alpha value is -0.610. The van der Waals surface area contributed by atoms with Crippen LogP contribution in [0.25, 0.3) is 0 Å². The molecule has 0 saturated heterocycles. The number of carbonyl (C=O) groups excluding carboxylic acids is 1. The maximum absolute atomic E-state index is 12.2. The Morgan fingerprint density at radius 2 is 2.06 bits per heavy atom. The molecule has 1 amide bonds. The van der Waals surface area contributed by atoms with E-state index < -0.39 is 5.54 Å². The molecule has 2 atom stereocenters. The van der Waals surface area contributed by atoms with E-state index in [-0.39, 0.29) is 23.5 Å². The predicted octanol–water partition coefficient (Wildman–Crippen LogP) is 1.14. The van der Waals surface area contributed by atoms with Gasteiger partial charge in [-0.15, -0.1) is 0 Å². The van der Waals surface area contributed by atoms with Crippen molar-refractivity contribution < 1.29 is 9.53 Å². The van der Waals surface area contributed by atoms with Crippen LogP contribution >= 0.6 is 0 Å². The number of hydrogen-bond donors (Lipinski definition) is 1. The van der Waals surface area contributed by atoms with E-state index in [2.05, 4.69) is 13.8 Å². The number of ether oxygens (including phenoxy) is 1. The Morgan fingerprint density at radius 1 is 1.47 bits per heavy atom. The first kappa shape index (κ1) is 12.8. The number of nitrogens with zero attached hydrogens (tertiary/aromatic N) is 1. The van der Waals surface area contributed by atoms with Crippen LogP contribution in [0.1, 0.15) is 40.0 Å². The van der Waals surface area contributed by atoms with E-state index in [1.165, 1.54) is 0 Å². The molecule has 0 spiro atoms. The maximum atomic E-state index is 12.2. The maximum Gasteiger partial charge on any atom is 0.242 e. The summed E-state index contributed by atoms with van der Waals surface area (Å²) >= 11 is 0. The van der Waals surface area contributed by atoms with Gasteiger partial charge in [0, 0.05) is 25.1 Å². The van der Waals surface area contributed by atoms with Crippen molar-refractivity contribution in [3.8, 4) is 0 Å². The normalized spacial score (nSPS) is 32.8. The minimum atomic E-state index is -0.554. The fraction of sp³-hybridized carbons (Fsp3) is 0.923. The van der Waals surface area contributed by atoms with Gasteiger partial charge < -0.3 is 15.4 Å². The number of rotatable bonds is 4. The minimum Gasteiger partial charge on any atom is -0.378 e. The second-order valence-electron chi connectivity index (χ2n) is 6.09. The number of carbonyl (C=O) groups is 1. The Kier molecular flexibility index (Phi) is 2.99. The van der Waals surface area contributed by atoms with E-state index in [4.69, 9.17) is 10.5 Å². The Bertz CT molecular complexity index is 323. The van der Waals surface area contributed by atoms with Crippen molar-refractivity contribution in [2.75, 3.05) is 13.7 Å². The molecule has 0 aromatic heterocycles. The molecule has 2 rings (SSSR count). The second-order valence-corrected chi connectivity index (χ2v) is 6.09. The molecule has 2 aliphatic carbocycles. The number of likely N-dealkylation sites (N-methyl/N-ethyl adjacent to an activating group) is 1. The highest BCUT2D eigenvalue weighted by Gasteiger charge is 2.55. The van der Waals surface area contributed by atoms with Crippen molar-refractivity contribution in [2.24, 2.45) is 11.1 Å². The number of hydrogen-bond acceptors (Lipinski definition) is 3. The van der Waals surface area contributed by atoms with Crippen molar-refractivity contribution in [3.05, 3.63) is 0 Å². The molecule has 2 aliphatic rings. The summed E-state index contributed by atoms with van der Waals surface area (Å²) in [5.41, 5.74) is 5.45. The molecule has 4 heteroatoms. The van der Waals surface area contributed by atoms with Gasteiger partial charge in [-0.1, -0.05) is 13.8 Å². The Labute approximate surface area is 103 Å². The zero-order chi connectivity index (χ0) is 12.8. The summed E-state index contributed by atoms with van der Waals surface area (Å²) in [6.45, 7) is 7.08. The summed E-state index contributed by atoms with van der Waals surface area (Å²) in [5.74, 6) is 0.102. The van der Waals surface area contributed by atoms with E-state index in [9.17, 15) is 4.79 Å². The lowest BCUT2D eigenvalue weighted by Gasteiger charge is -2.55. The minimum absolute atomic E-state index is 0.0334. The summed E-state index contributed by atoms with van der Waals surface area (Å²) in [7, 11) is 1.88. The van der Waals surface area contributed by atoms with Crippen molar-refractivity contribution >= 4 is 5.91 Å². The summed E-state index contributed by atoms with van der Waals surface area (Å²) in [6, 6.07) is 0.257. The van der Waals surface area contributed by atoms with E-state index >= 15 is 0 Å². The molecule has 0 radical (unpaired) electrons. The molecule has 0 aromatic carbocycles. The van der Waals surface area contributed by atoms with E-state index in [0.717, 1.165) is 25.9 Å². The lowest BCUT2D eigenvalue weighted by atomic mass is 9.63. The molecule has 17 heavy (non-hydrogen) atoms. The van der Waals surface area contributed by atoms with Gasteiger partial charge in [0.2, 0.25) is 5.91 Å². The quantitative estimate of drug-likeness (QED) is 0.801. The molecule has 0 unspecified atom stereocenters. The zero-order valence-electron chi connectivity index (χ0n) is 11.3. The third-order valence-electron chi connectivity index (χ3n) is 4.50. The largest absolute Gasteiger partial charge is 0.378 e. The smallest absolute Gasteiger partial charge is 0.242 e. The van der Waals surface area contributed by atoms with Crippen LogP contribution in [0.2, 0.25) is 0 Å². The zero-order valence-corrected chi connectivity index (χ0v) is 11.3. The van der Waals surface area contributed by atoms with Crippen molar-refractivity contribution in [1.82, 2.24) is 4.90 Å². The lowest BCUT2D eigenvalue weighted by molar-refractivity contribution is -0.165. The second kappa shape index (κ2) is 3.95. The molecular formula is C13H24N2O2. The highest BCUT2D eigenvalue weighted by Crippen LogP contribution is 2.47. The average molecular weight is 240 g/mol. The molecular weight excluding hydrogens is 216 g/mol. The van der Waals surface area contributed by atoms with Crippen LogP contribution in [-0.4, -0.2) is 42.1 Å². The van der Waals surface area contributed by atoms with Crippen molar-refractivity contribution in [3.63, 3.8) is 0 Å². The van der Waals surface area contributed by atoms with Gasteiger partial charge in [0.05, 0.1) is 11.6 Å². The first-order valence-corrected chi connectivity index (χ1v) is 6.50. The molecule has 0 aromatic rings. The summed E-state index contributed by atoms with van der Waals surface area (Å²) in [4.78, 5) is 14.0. The van der Waals surface area contributed by atoms with Crippen LogP contribution in [0.5, 0.6) is 0 Å². The van der Waals surface area contributed by atoms with Crippen LogP contribution < -0.4 is 5.73 Å². The summed E-state index contributed by atoms with van der Waals surface area (Å²) in [5, 5.41) is 0. The number of amides is 1. The third-order valence-corrected chi connectivity index (χ3v) is 4.50. The summed E-state index contributed by atoms with van der Waals surface area (Å²) < 4.78 is 5.69. The van der Waals surface area contributed by atoms with Crippen molar-refractivity contribution in [2.45, 2.75) is 57.7 Å². The summed E-state index contributed by atoms with van der Waals surface area (Å²) in [6.07, 6.45) is 2.86. The van der Waals surface area contributed by atoms with Gasteiger partial charge in [0.15, 0.2) is 0 Å². The van der Waals surface area contributed by atoms with Gasteiger partial charge in [0.25, 0.3) is 0 Å². The fourth-order valence-electron chi connectivity index (χ4n) is 2.85. The number of nitrogens with two attached hydrogens (primary N) is 1. The standard InChI is InChI=1S/C13H24N2O2/c1-5-17-10-8-9(12(10,2)3)15(4)11(16)13(14)6-7-13/h9-10H,5-8,14H2,1-4H3/t9-,10-/m1/s1. The van der Waals surface area contributed by atoms with E-state index in [1.54, 1.807) is 0 Å². The van der Waals surface area contributed by atoms with Crippen LogP contribution in [0.4, 0.5) is 0 Å². The van der Waals surface area contributed by atoms with Gasteiger partial charge in [-0.25, -0.2) is 0 Å². The predicted molar refractivity (Wildman–Crippen MR) is 66.5 cm³/mol. The Morgan fingerprint density at radius 3 is 2.47 bits per heavy atom. The topological polar surface area (TPSA) is 55.6 Å². The average Bonchev–Trinajstić information content (AvgIpc) is 3.01. The molecule has 0 bridgehead atoms. The first-order chi connectivity index (χ1) is 7.83. The van der Waals surface area contributed by atoms with E-state index in [1.807, 2.05) is 18.9 Å². The van der Waals surface area contributed by atoms with Crippen LogP contribution in [0.3, 0.4) is 0 Å². The van der Waals surface area contributed by atoms with Gasteiger partial charge in [0.1, 0.15) is 0 Å². The molecule has 2 N–H and O–H groups in total. The monoisotopic (exact) mass is 240 g/mol. The molecule has 98 valence electrons. The van der Waals surface area contributed by atoms with Gasteiger partial charge >= 0.3 is 0 Å². The van der Waals surface area contributed by atoms with Gasteiger partial charge in [-0.2, -0.15) is 0 Å². The first-order valence-electron chi connectivity index (χ1n) is 6.50. The highest BCUT2D eigenvalue weighted by molar-refractivity contribution is 5.89. The molecule has 2 saturated carbocycles. The third kappa shape index (κ3) is 1.97. The highest BCUT2D eigenvalue weighted by atomic mass is 16.5. The molecule has 2 fully saturated rings. The molecule has 0 aliphatic heterocycles.